The molecule has 1 unspecified atom stereocenters. The maximum Gasteiger partial charge on any atom is 0.338 e. The number of carbonyl (C=O) groups is 2. The molecule has 25 heavy (non-hydrogen) atoms. The van der Waals surface area contributed by atoms with Gasteiger partial charge >= 0.3 is 11.9 Å². The van der Waals surface area contributed by atoms with Gasteiger partial charge in [0.1, 0.15) is 0 Å². The Hall–Kier alpha value is -2.39. The first kappa shape index (κ1) is 18.9. The summed E-state index contributed by atoms with van der Waals surface area (Å²) in [6, 6.07) is 10.8. The predicted molar refractivity (Wildman–Crippen MR) is 91.1 cm³/mol. The van der Waals surface area contributed by atoms with Gasteiger partial charge in [-0.1, -0.05) is 18.2 Å². The van der Waals surface area contributed by atoms with E-state index in [9.17, 15) is 25.1 Å². The first-order chi connectivity index (χ1) is 11.9. The summed E-state index contributed by atoms with van der Waals surface area (Å²) in [5.74, 6) is -1.37. The summed E-state index contributed by atoms with van der Waals surface area (Å²) in [4.78, 5) is 23.5. The predicted octanol–water partition coefficient (Wildman–Crippen LogP) is 2.26. The zero-order valence-electron chi connectivity index (χ0n) is 13.4. The normalized spacial score (nSPS) is 11.8. The van der Waals surface area contributed by atoms with Crippen LogP contribution in [0.25, 0.3) is 0 Å². The van der Waals surface area contributed by atoms with Gasteiger partial charge in [0, 0.05) is 22.3 Å². The van der Waals surface area contributed by atoms with E-state index in [4.69, 9.17) is 4.74 Å². The van der Waals surface area contributed by atoms with Crippen molar-refractivity contribution >= 4 is 29.4 Å². The van der Waals surface area contributed by atoms with Crippen LogP contribution in [0.4, 0.5) is 5.69 Å². The number of quaternary nitrogens is 1. The molecule has 132 valence electrons. The third kappa shape index (κ3) is 4.80. The molecule has 0 spiro atoms. The Morgan fingerprint density at radius 1 is 1.24 bits per heavy atom. The number of ether oxygens (including phenoxy) is 1. The quantitative estimate of drug-likeness (QED) is 0.393. The molecule has 2 aromatic rings. The maximum atomic E-state index is 11.7. The first-order valence-corrected chi connectivity index (χ1v) is 8.41. The average Bonchev–Trinajstić information content (AvgIpc) is 2.60. The van der Waals surface area contributed by atoms with Crippen LogP contribution in [0.2, 0.25) is 0 Å². The lowest BCUT2D eigenvalue weighted by Crippen LogP contribution is -2.99. The summed E-state index contributed by atoms with van der Waals surface area (Å²) >= 11 is 1.22. The van der Waals surface area contributed by atoms with Gasteiger partial charge in [-0.2, -0.15) is 5.23 Å². The Bertz CT molecular complexity index is 777. The molecule has 0 heterocycles. The van der Waals surface area contributed by atoms with Crippen molar-refractivity contribution in [3.63, 3.8) is 0 Å². The van der Waals surface area contributed by atoms with Gasteiger partial charge in [0.15, 0.2) is 5.69 Å². The van der Waals surface area contributed by atoms with Crippen LogP contribution in [0.15, 0.2) is 47.4 Å². The number of hydrogen-bond donors (Lipinski definition) is 3. The van der Waals surface area contributed by atoms with Crippen molar-refractivity contribution in [3.05, 3.63) is 64.4 Å². The van der Waals surface area contributed by atoms with E-state index in [1.807, 2.05) is 0 Å². The highest BCUT2D eigenvalue weighted by atomic mass is 32.2. The number of carboxylic acid groups (broad SMARTS) is 1. The Morgan fingerprint density at radius 3 is 2.60 bits per heavy atom. The van der Waals surface area contributed by atoms with E-state index in [0.717, 1.165) is 0 Å². The summed E-state index contributed by atoms with van der Waals surface area (Å²) in [5, 5.41) is 28.9. The van der Waals surface area contributed by atoms with E-state index in [0.29, 0.717) is 10.5 Å². The van der Waals surface area contributed by atoms with Gasteiger partial charge in [-0.3, -0.25) is 0 Å². The van der Waals surface area contributed by atoms with Gasteiger partial charge in [-0.05, 0) is 25.1 Å². The van der Waals surface area contributed by atoms with Crippen molar-refractivity contribution in [3.8, 4) is 0 Å². The Morgan fingerprint density at radius 2 is 1.96 bits per heavy atom. The molecule has 0 saturated carbocycles. The van der Waals surface area contributed by atoms with Crippen molar-refractivity contribution in [2.24, 2.45) is 0 Å². The third-order valence-electron chi connectivity index (χ3n) is 3.35. The molecule has 0 saturated heterocycles. The lowest BCUT2D eigenvalue weighted by atomic mass is 10.1. The molecular weight excluding hydrogens is 346 g/mol. The van der Waals surface area contributed by atoms with Gasteiger partial charge in [0.05, 0.1) is 17.7 Å². The standard InChI is InChI=1S/C17H17NO6S/c1-2-24-17(21)11-7-8-12(14(9-11)18(22)23)10-25-15-6-4-3-5-13(15)16(19)20/h3-9,18,22H,2,10H2,1H3,(H,19,20). The Balaban J connectivity index is 2.25. The van der Waals surface area contributed by atoms with Crippen LogP contribution in [0.1, 0.15) is 33.2 Å². The lowest BCUT2D eigenvalue weighted by molar-refractivity contribution is -0.991. The minimum absolute atomic E-state index is 0.00846. The fourth-order valence-corrected chi connectivity index (χ4v) is 3.22. The molecule has 0 aliphatic rings. The highest BCUT2D eigenvalue weighted by Crippen LogP contribution is 2.28. The Labute approximate surface area is 148 Å². The molecule has 2 aromatic carbocycles. The molecule has 1 atom stereocenters. The molecule has 8 heteroatoms. The van der Waals surface area contributed by atoms with Crippen molar-refractivity contribution in [1.82, 2.24) is 0 Å². The fraction of sp³-hybridized carbons (Fsp3) is 0.176. The molecule has 0 aliphatic carbocycles. The zero-order chi connectivity index (χ0) is 18.4. The second kappa shape index (κ2) is 8.63. The molecule has 2 rings (SSSR count). The number of nitrogens with one attached hydrogen (secondary N) is 1. The lowest BCUT2D eigenvalue weighted by Gasteiger charge is -2.16. The number of hydrogen-bond acceptors (Lipinski definition) is 6. The molecule has 0 radical (unpaired) electrons. The van der Waals surface area contributed by atoms with Crippen LogP contribution in [-0.4, -0.2) is 28.9 Å². The number of thioether (sulfide) groups is 1. The monoisotopic (exact) mass is 363 g/mol. The van der Waals surface area contributed by atoms with Gasteiger partial charge < -0.3 is 15.1 Å². The van der Waals surface area contributed by atoms with Crippen LogP contribution >= 0.6 is 11.8 Å². The number of carboxylic acids is 1. The molecule has 7 nitrogen and oxygen atoms in total. The van der Waals surface area contributed by atoms with Crippen LogP contribution in [0, 0.1) is 5.21 Å². The van der Waals surface area contributed by atoms with Crippen molar-refractivity contribution in [2.75, 3.05) is 6.61 Å². The summed E-state index contributed by atoms with van der Waals surface area (Å²) < 4.78 is 4.87. The topological polar surface area (TPSA) is 111 Å². The van der Waals surface area contributed by atoms with Crippen molar-refractivity contribution in [2.45, 2.75) is 17.6 Å². The second-order valence-corrected chi connectivity index (χ2v) is 6.00. The van der Waals surface area contributed by atoms with Crippen LogP contribution < -0.4 is 5.23 Å². The van der Waals surface area contributed by atoms with E-state index in [1.165, 1.54) is 30.0 Å². The highest BCUT2D eigenvalue weighted by molar-refractivity contribution is 7.98. The molecule has 0 aliphatic heterocycles. The van der Waals surface area contributed by atoms with Gasteiger partial charge in [0.2, 0.25) is 0 Å². The van der Waals surface area contributed by atoms with Gasteiger partial charge in [-0.25, -0.2) is 14.8 Å². The van der Waals surface area contributed by atoms with E-state index in [1.54, 1.807) is 31.2 Å². The number of esters is 1. The minimum atomic E-state index is -1.16. The second-order valence-electron chi connectivity index (χ2n) is 4.99. The SMILES string of the molecule is CCOC(=O)c1ccc(CSc2ccccc2C(=O)O)c([NH+]([O-])O)c1. The van der Waals surface area contributed by atoms with Gasteiger partial charge in [-0.15, -0.1) is 11.8 Å². The number of benzene rings is 2. The third-order valence-corrected chi connectivity index (χ3v) is 4.47. The van der Waals surface area contributed by atoms with Crippen LogP contribution in [-0.2, 0) is 10.5 Å². The number of carbonyl (C=O) groups excluding carboxylic acids is 1. The zero-order valence-corrected chi connectivity index (χ0v) is 14.2. The molecular formula is C17H17NO6S. The fourth-order valence-electron chi connectivity index (χ4n) is 2.17. The molecule has 0 amide bonds. The van der Waals surface area contributed by atoms with Gasteiger partial charge in [0.25, 0.3) is 0 Å². The highest BCUT2D eigenvalue weighted by Gasteiger charge is 2.16. The molecule has 0 aromatic heterocycles. The largest absolute Gasteiger partial charge is 0.595 e. The first-order valence-electron chi connectivity index (χ1n) is 7.42. The Kier molecular flexibility index (Phi) is 6.54. The summed E-state index contributed by atoms with van der Waals surface area (Å²) in [7, 11) is 0. The van der Waals surface area contributed by atoms with E-state index >= 15 is 0 Å². The average molecular weight is 363 g/mol. The van der Waals surface area contributed by atoms with Crippen molar-refractivity contribution < 1.29 is 29.9 Å². The smallest absolute Gasteiger partial charge is 0.338 e. The summed E-state index contributed by atoms with van der Waals surface area (Å²) in [6.07, 6.45) is 0. The summed E-state index contributed by atoms with van der Waals surface area (Å²) in [6.45, 7) is 1.87. The molecule has 0 fully saturated rings. The van der Waals surface area contributed by atoms with Crippen LogP contribution in [0.3, 0.4) is 0 Å². The maximum absolute atomic E-state index is 11.7. The van der Waals surface area contributed by atoms with E-state index < -0.39 is 17.2 Å². The van der Waals surface area contributed by atoms with Crippen molar-refractivity contribution in [1.29, 1.82) is 0 Å². The number of rotatable bonds is 7. The van der Waals surface area contributed by atoms with Crippen LogP contribution in [0.5, 0.6) is 0 Å². The minimum Gasteiger partial charge on any atom is -0.595 e. The van der Waals surface area contributed by atoms with E-state index in [2.05, 4.69) is 0 Å². The van der Waals surface area contributed by atoms with E-state index in [-0.39, 0.29) is 29.2 Å². The molecule has 3 N–H and O–H groups in total. The summed E-state index contributed by atoms with van der Waals surface area (Å²) in [5.41, 5.74) is 0.808. The molecule has 0 bridgehead atoms. The number of aromatic carboxylic acids is 1.